The first-order valence-corrected chi connectivity index (χ1v) is 9.50. The Morgan fingerprint density at radius 2 is 1.54 bits per heavy atom. The van der Waals surface area contributed by atoms with E-state index in [4.69, 9.17) is 4.74 Å². The van der Waals surface area contributed by atoms with E-state index in [1.165, 1.54) is 0 Å². The van der Waals surface area contributed by atoms with Crippen LogP contribution >= 0.6 is 0 Å². The molecule has 2 amide bonds. The zero-order chi connectivity index (χ0) is 18.1. The van der Waals surface area contributed by atoms with Crippen LogP contribution in [0.15, 0.2) is 24.3 Å². The highest BCUT2D eigenvalue weighted by Crippen LogP contribution is 2.27. The summed E-state index contributed by atoms with van der Waals surface area (Å²) in [6.07, 6.45) is 3.94. The van der Waals surface area contributed by atoms with Crippen molar-refractivity contribution >= 4 is 17.8 Å². The van der Waals surface area contributed by atoms with Crippen LogP contribution in [-0.2, 0) is 20.7 Å². The van der Waals surface area contributed by atoms with Gasteiger partial charge in [-0.25, -0.2) is 4.79 Å². The molecule has 1 aromatic carbocycles. The predicted octanol–water partition coefficient (Wildman–Crippen LogP) is 1.63. The molecule has 1 aliphatic carbocycles. The fourth-order valence-electron chi connectivity index (χ4n) is 4.25. The number of hydrogen-bond acceptors (Lipinski definition) is 4. The molecular weight excluding hydrogens is 332 g/mol. The molecule has 0 radical (unpaired) electrons. The number of rotatable bonds is 2. The summed E-state index contributed by atoms with van der Waals surface area (Å²) in [5, 5.41) is 0. The van der Waals surface area contributed by atoms with E-state index in [-0.39, 0.29) is 17.7 Å². The highest BCUT2D eigenvalue weighted by Gasteiger charge is 2.36. The Hall–Kier alpha value is -2.37. The van der Waals surface area contributed by atoms with E-state index in [9.17, 15) is 14.4 Å². The van der Waals surface area contributed by atoms with Gasteiger partial charge in [-0.2, -0.15) is 0 Å². The highest BCUT2D eigenvalue weighted by atomic mass is 16.5. The fraction of sp³-hybridized carbons (Fsp3) is 0.550. The van der Waals surface area contributed by atoms with Crippen molar-refractivity contribution < 1.29 is 19.1 Å². The number of benzene rings is 1. The Morgan fingerprint density at radius 1 is 0.923 bits per heavy atom. The van der Waals surface area contributed by atoms with Gasteiger partial charge in [-0.15, -0.1) is 0 Å². The molecule has 3 aliphatic rings. The lowest BCUT2D eigenvalue weighted by Gasteiger charge is -2.37. The van der Waals surface area contributed by atoms with Crippen LogP contribution in [0.5, 0.6) is 0 Å². The second-order valence-corrected chi connectivity index (χ2v) is 7.39. The van der Waals surface area contributed by atoms with Crippen LogP contribution < -0.4 is 0 Å². The third kappa shape index (κ3) is 3.20. The molecule has 0 bridgehead atoms. The summed E-state index contributed by atoms with van der Waals surface area (Å²) in [5.41, 5.74) is 1.40. The molecule has 2 fully saturated rings. The minimum Gasteiger partial charge on any atom is -0.448 e. The molecule has 6 heteroatoms. The largest absolute Gasteiger partial charge is 0.448 e. The van der Waals surface area contributed by atoms with E-state index < -0.39 is 12.1 Å². The molecule has 0 unspecified atom stereocenters. The van der Waals surface area contributed by atoms with E-state index >= 15 is 0 Å². The third-order valence-corrected chi connectivity index (χ3v) is 5.77. The topological polar surface area (TPSA) is 66.9 Å². The van der Waals surface area contributed by atoms with Gasteiger partial charge in [0.2, 0.25) is 5.91 Å². The number of ether oxygens (including phenoxy) is 1. The lowest BCUT2D eigenvalue weighted by Crippen LogP contribution is -2.55. The van der Waals surface area contributed by atoms with Crippen LogP contribution in [0.2, 0.25) is 0 Å². The minimum absolute atomic E-state index is 0.152. The number of esters is 1. The van der Waals surface area contributed by atoms with Crippen molar-refractivity contribution in [3.8, 4) is 0 Å². The summed E-state index contributed by atoms with van der Waals surface area (Å²) in [6.45, 7) is 2.15. The van der Waals surface area contributed by atoms with Crippen molar-refractivity contribution in [3.63, 3.8) is 0 Å². The lowest BCUT2D eigenvalue weighted by molar-refractivity contribution is -0.147. The standard InChI is InChI=1S/C20H24N2O4/c23-18(14-5-1-2-6-14)21-9-11-22(12-10-21)19(24)17-13-15-7-3-4-8-16(15)20(25)26-17/h3-4,7-8,14,17H,1-2,5-6,9-13H2/t17-/m1/s1. The van der Waals surface area contributed by atoms with Gasteiger partial charge in [-0.1, -0.05) is 31.0 Å². The Bertz CT molecular complexity index is 718. The average molecular weight is 356 g/mol. The van der Waals surface area contributed by atoms with Gasteiger partial charge in [-0.05, 0) is 24.5 Å². The smallest absolute Gasteiger partial charge is 0.339 e. The van der Waals surface area contributed by atoms with Gasteiger partial charge in [0.15, 0.2) is 6.10 Å². The molecule has 0 N–H and O–H groups in total. The number of cyclic esters (lactones) is 1. The number of carbonyl (C=O) groups is 3. The quantitative estimate of drug-likeness (QED) is 0.756. The molecule has 2 aliphatic heterocycles. The molecule has 0 aromatic heterocycles. The van der Waals surface area contributed by atoms with Gasteiger partial charge in [0.05, 0.1) is 5.56 Å². The fourth-order valence-corrected chi connectivity index (χ4v) is 4.25. The molecule has 4 rings (SSSR count). The molecule has 1 saturated carbocycles. The van der Waals surface area contributed by atoms with Gasteiger partial charge in [0.25, 0.3) is 5.91 Å². The molecule has 2 heterocycles. The first kappa shape index (κ1) is 17.1. The zero-order valence-corrected chi connectivity index (χ0v) is 14.9. The van der Waals surface area contributed by atoms with Crippen LogP contribution in [0.25, 0.3) is 0 Å². The maximum absolute atomic E-state index is 12.8. The summed E-state index contributed by atoms with van der Waals surface area (Å²) in [5.74, 6) is -0.165. The number of nitrogens with zero attached hydrogens (tertiary/aromatic N) is 2. The van der Waals surface area contributed by atoms with E-state index in [0.717, 1.165) is 31.2 Å². The zero-order valence-electron chi connectivity index (χ0n) is 14.9. The van der Waals surface area contributed by atoms with Gasteiger partial charge >= 0.3 is 5.97 Å². The Balaban J connectivity index is 1.35. The summed E-state index contributed by atoms with van der Waals surface area (Å²) in [4.78, 5) is 41.0. The predicted molar refractivity (Wildman–Crippen MR) is 94.5 cm³/mol. The van der Waals surface area contributed by atoms with Crippen molar-refractivity contribution in [2.24, 2.45) is 5.92 Å². The SMILES string of the molecule is O=C1O[C@@H](C(=O)N2CCN(C(=O)C3CCCC3)CC2)Cc2ccccc21. The number of amides is 2. The van der Waals surface area contributed by atoms with Crippen LogP contribution in [0.1, 0.15) is 41.6 Å². The second kappa shape index (κ2) is 7.09. The number of fused-ring (bicyclic) bond motifs is 1. The van der Waals surface area contributed by atoms with Crippen molar-refractivity contribution in [2.45, 2.75) is 38.2 Å². The summed E-state index contributed by atoms with van der Waals surface area (Å²) < 4.78 is 5.37. The van der Waals surface area contributed by atoms with E-state index in [2.05, 4.69) is 0 Å². The molecule has 26 heavy (non-hydrogen) atoms. The average Bonchev–Trinajstić information content (AvgIpc) is 3.22. The first-order chi connectivity index (χ1) is 12.6. The van der Waals surface area contributed by atoms with Crippen molar-refractivity contribution in [2.75, 3.05) is 26.2 Å². The molecule has 1 aromatic rings. The van der Waals surface area contributed by atoms with E-state index in [1.54, 1.807) is 17.0 Å². The molecule has 0 spiro atoms. The minimum atomic E-state index is -0.755. The van der Waals surface area contributed by atoms with E-state index in [1.807, 2.05) is 17.0 Å². The van der Waals surface area contributed by atoms with Crippen molar-refractivity contribution in [1.82, 2.24) is 9.80 Å². The molecule has 6 nitrogen and oxygen atoms in total. The maximum atomic E-state index is 12.8. The Morgan fingerprint density at radius 3 is 2.23 bits per heavy atom. The van der Waals surface area contributed by atoms with E-state index in [0.29, 0.717) is 38.2 Å². The van der Waals surface area contributed by atoms with Crippen LogP contribution in [0, 0.1) is 5.92 Å². The number of piperazine rings is 1. The highest BCUT2D eigenvalue weighted by molar-refractivity contribution is 5.95. The number of hydrogen-bond donors (Lipinski definition) is 0. The van der Waals surface area contributed by atoms with Gasteiger partial charge in [0, 0.05) is 38.5 Å². The molecule has 1 atom stereocenters. The normalized spacial score (nSPS) is 23.5. The number of carbonyl (C=O) groups excluding carboxylic acids is 3. The molecule has 1 saturated heterocycles. The van der Waals surface area contributed by atoms with Crippen LogP contribution in [0.3, 0.4) is 0 Å². The maximum Gasteiger partial charge on any atom is 0.339 e. The third-order valence-electron chi connectivity index (χ3n) is 5.77. The summed E-state index contributed by atoms with van der Waals surface area (Å²) in [7, 11) is 0. The Labute approximate surface area is 153 Å². The Kier molecular flexibility index (Phi) is 4.66. The van der Waals surface area contributed by atoms with Gasteiger partial charge in [0.1, 0.15) is 0 Å². The lowest BCUT2D eigenvalue weighted by atomic mass is 9.98. The first-order valence-electron chi connectivity index (χ1n) is 9.50. The van der Waals surface area contributed by atoms with Crippen molar-refractivity contribution in [3.05, 3.63) is 35.4 Å². The molecule has 138 valence electrons. The van der Waals surface area contributed by atoms with Crippen molar-refractivity contribution in [1.29, 1.82) is 0 Å². The summed E-state index contributed by atoms with van der Waals surface area (Å²) >= 11 is 0. The van der Waals surface area contributed by atoms with Gasteiger partial charge in [-0.3, -0.25) is 9.59 Å². The van der Waals surface area contributed by atoms with Gasteiger partial charge < -0.3 is 14.5 Å². The summed E-state index contributed by atoms with van der Waals surface area (Å²) in [6, 6.07) is 7.26. The molecular formula is C20H24N2O4. The monoisotopic (exact) mass is 356 g/mol. The second-order valence-electron chi connectivity index (χ2n) is 7.39. The van der Waals surface area contributed by atoms with Crippen LogP contribution in [0.4, 0.5) is 0 Å². The van der Waals surface area contributed by atoms with Crippen LogP contribution in [-0.4, -0.2) is 59.9 Å².